The highest BCUT2D eigenvalue weighted by atomic mass is 79.9. The van der Waals surface area contributed by atoms with Crippen molar-refractivity contribution in [2.45, 2.75) is 17.6 Å². The molecular formula is C17H15BrN2O2S. The van der Waals surface area contributed by atoms with E-state index in [4.69, 9.17) is 4.74 Å². The molecule has 0 saturated carbocycles. The van der Waals surface area contributed by atoms with E-state index in [1.807, 2.05) is 30.5 Å². The summed E-state index contributed by atoms with van der Waals surface area (Å²) in [5.41, 5.74) is 2.40. The topological polar surface area (TPSA) is 43.6 Å². The Balaban J connectivity index is 1.89. The van der Waals surface area contributed by atoms with Crippen LogP contribution in [-0.2, 0) is 10.5 Å². The molecule has 0 fully saturated rings. The van der Waals surface area contributed by atoms with Crippen molar-refractivity contribution >= 4 is 39.3 Å². The van der Waals surface area contributed by atoms with Crippen LogP contribution in [-0.4, -0.2) is 22.0 Å². The molecule has 0 bridgehead atoms. The minimum absolute atomic E-state index is 0.343. The summed E-state index contributed by atoms with van der Waals surface area (Å²) in [5.74, 6) is 0.500. The molecule has 0 aliphatic rings. The summed E-state index contributed by atoms with van der Waals surface area (Å²) in [4.78, 5) is 17.4. The number of halogens is 1. The van der Waals surface area contributed by atoms with E-state index in [1.54, 1.807) is 29.3 Å². The number of carbonyl (C=O) groups excluding carboxylic acids is 1. The van der Waals surface area contributed by atoms with E-state index < -0.39 is 0 Å². The van der Waals surface area contributed by atoms with Crippen LogP contribution in [0, 0.1) is 0 Å². The standard InChI is InChI=1S/C17H15BrN2O2S/c1-2-22-17(21)15-9-19-16-14(18)8-13(10-20(15)16)23-11-12-6-4-3-5-7-12/h3-10H,2,11H2,1H3. The van der Waals surface area contributed by atoms with E-state index in [0.29, 0.717) is 17.9 Å². The predicted octanol–water partition coefficient (Wildman–Crippen LogP) is 4.57. The Morgan fingerprint density at radius 3 is 2.87 bits per heavy atom. The first-order chi connectivity index (χ1) is 11.2. The second kappa shape index (κ2) is 7.19. The number of benzene rings is 1. The van der Waals surface area contributed by atoms with Gasteiger partial charge in [-0.25, -0.2) is 9.78 Å². The molecule has 0 amide bonds. The summed E-state index contributed by atoms with van der Waals surface area (Å²) >= 11 is 5.24. The molecule has 118 valence electrons. The van der Waals surface area contributed by atoms with Gasteiger partial charge in [0, 0.05) is 16.8 Å². The van der Waals surface area contributed by atoms with Crippen molar-refractivity contribution in [3.8, 4) is 0 Å². The average Bonchev–Trinajstić information content (AvgIpc) is 2.99. The molecule has 0 radical (unpaired) electrons. The van der Waals surface area contributed by atoms with Gasteiger partial charge in [0.2, 0.25) is 0 Å². The van der Waals surface area contributed by atoms with Crippen molar-refractivity contribution < 1.29 is 9.53 Å². The monoisotopic (exact) mass is 390 g/mol. The van der Waals surface area contributed by atoms with Gasteiger partial charge in [0.15, 0.2) is 11.3 Å². The molecule has 0 aliphatic carbocycles. The van der Waals surface area contributed by atoms with Crippen LogP contribution in [0.15, 0.2) is 58.2 Å². The Bertz CT molecular complexity index is 833. The minimum atomic E-state index is -0.364. The summed E-state index contributed by atoms with van der Waals surface area (Å²) in [6, 6.07) is 12.3. The zero-order chi connectivity index (χ0) is 16.2. The fourth-order valence-electron chi connectivity index (χ4n) is 2.20. The molecule has 23 heavy (non-hydrogen) atoms. The lowest BCUT2D eigenvalue weighted by Gasteiger charge is -2.07. The van der Waals surface area contributed by atoms with Gasteiger partial charge in [-0.05, 0) is 34.5 Å². The van der Waals surface area contributed by atoms with Crippen LogP contribution >= 0.6 is 27.7 Å². The fourth-order valence-corrected chi connectivity index (χ4v) is 3.80. The molecule has 3 aromatic rings. The number of ether oxygens (including phenoxy) is 1. The molecule has 6 heteroatoms. The first-order valence-electron chi connectivity index (χ1n) is 7.19. The first-order valence-corrected chi connectivity index (χ1v) is 8.97. The third-order valence-corrected chi connectivity index (χ3v) is 4.89. The molecule has 0 unspecified atom stereocenters. The van der Waals surface area contributed by atoms with E-state index in [-0.39, 0.29) is 5.97 Å². The zero-order valence-corrected chi connectivity index (χ0v) is 14.9. The SMILES string of the molecule is CCOC(=O)c1cnc2c(Br)cc(SCc3ccccc3)cn12. The van der Waals surface area contributed by atoms with Gasteiger partial charge in [-0.15, -0.1) is 11.8 Å². The largest absolute Gasteiger partial charge is 0.461 e. The zero-order valence-electron chi connectivity index (χ0n) is 12.5. The van der Waals surface area contributed by atoms with Crippen molar-refractivity contribution in [3.05, 3.63) is 64.5 Å². The van der Waals surface area contributed by atoms with Crippen molar-refractivity contribution in [1.82, 2.24) is 9.38 Å². The number of thioether (sulfide) groups is 1. The molecule has 0 aliphatic heterocycles. The maximum atomic E-state index is 12.0. The molecule has 0 spiro atoms. The molecular weight excluding hydrogens is 376 g/mol. The average molecular weight is 391 g/mol. The number of carbonyl (C=O) groups is 1. The number of nitrogens with zero attached hydrogens (tertiary/aromatic N) is 2. The van der Waals surface area contributed by atoms with Crippen molar-refractivity contribution in [1.29, 1.82) is 0 Å². The summed E-state index contributed by atoms with van der Waals surface area (Å²) in [5, 5.41) is 0. The third-order valence-electron chi connectivity index (χ3n) is 3.27. The second-order valence-corrected chi connectivity index (χ2v) is 6.76. The number of aromatic nitrogens is 2. The number of esters is 1. The first kappa shape index (κ1) is 16.1. The number of rotatable bonds is 5. The van der Waals surface area contributed by atoms with E-state index in [9.17, 15) is 4.79 Å². The molecule has 3 rings (SSSR count). The summed E-state index contributed by atoms with van der Waals surface area (Å²) < 4.78 is 7.71. The smallest absolute Gasteiger partial charge is 0.356 e. The Morgan fingerprint density at radius 2 is 2.13 bits per heavy atom. The van der Waals surface area contributed by atoms with Crippen LogP contribution in [0.5, 0.6) is 0 Å². The Morgan fingerprint density at radius 1 is 1.35 bits per heavy atom. The van der Waals surface area contributed by atoms with Crippen LogP contribution in [0.3, 0.4) is 0 Å². The molecule has 4 nitrogen and oxygen atoms in total. The Hall–Kier alpha value is -1.79. The number of pyridine rings is 1. The number of fused-ring (bicyclic) bond motifs is 1. The highest BCUT2D eigenvalue weighted by molar-refractivity contribution is 9.10. The van der Waals surface area contributed by atoms with Gasteiger partial charge in [0.1, 0.15) is 0 Å². The van der Waals surface area contributed by atoms with Crippen LogP contribution in [0.25, 0.3) is 5.65 Å². The van der Waals surface area contributed by atoms with Gasteiger partial charge in [-0.2, -0.15) is 0 Å². The normalized spacial score (nSPS) is 10.9. The Labute approximate surface area is 147 Å². The van der Waals surface area contributed by atoms with Gasteiger partial charge in [0.25, 0.3) is 0 Å². The van der Waals surface area contributed by atoms with Crippen LogP contribution in [0.1, 0.15) is 23.0 Å². The van der Waals surface area contributed by atoms with Crippen LogP contribution < -0.4 is 0 Å². The lowest BCUT2D eigenvalue weighted by Crippen LogP contribution is -2.08. The second-order valence-electron chi connectivity index (χ2n) is 4.86. The lowest BCUT2D eigenvalue weighted by molar-refractivity contribution is 0.0518. The van der Waals surface area contributed by atoms with Gasteiger partial charge in [-0.1, -0.05) is 30.3 Å². The van der Waals surface area contributed by atoms with Crippen molar-refractivity contribution in [3.63, 3.8) is 0 Å². The highest BCUT2D eigenvalue weighted by Crippen LogP contribution is 2.28. The number of imidazole rings is 1. The van der Waals surface area contributed by atoms with Crippen molar-refractivity contribution in [2.24, 2.45) is 0 Å². The van der Waals surface area contributed by atoms with Gasteiger partial charge in [0.05, 0.1) is 17.3 Å². The molecule has 1 aromatic carbocycles. The highest BCUT2D eigenvalue weighted by Gasteiger charge is 2.15. The van der Waals surface area contributed by atoms with Crippen LogP contribution in [0.4, 0.5) is 0 Å². The van der Waals surface area contributed by atoms with Crippen molar-refractivity contribution in [2.75, 3.05) is 6.61 Å². The maximum absolute atomic E-state index is 12.0. The van der Waals surface area contributed by atoms with E-state index in [1.165, 1.54) is 5.56 Å². The molecule has 2 aromatic heterocycles. The molecule has 0 N–H and O–H groups in total. The van der Waals surface area contributed by atoms with Gasteiger partial charge in [-0.3, -0.25) is 4.40 Å². The fraction of sp³-hybridized carbons (Fsp3) is 0.176. The molecule has 0 atom stereocenters. The molecule has 0 saturated heterocycles. The van der Waals surface area contributed by atoms with Gasteiger partial charge >= 0.3 is 5.97 Å². The lowest BCUT2D eigenvalue weighted by atomic mass is 10.2. The summed E-state index contributed by atoms with van der Waals surface area (Å²) in [7, 11) is 0. The number of hydrogen-bond acceptors (Lipinski definition) is 4. The summed E-state index contributed by atoms with van der Waals surface area (Å²) in [6.45, 7) is 2.13. The van der Waals surface area contributed by atoms with E-state index in [0.717, 1.165) is 15.1 Å². The van der Waals surface area contributed by atoms with E-state index >= 15 is 0 Å². The maximum Gasteiger partial charge on any atom is 0.356 e. The summed E-state index contributed by atoms with van der Waals surface area (Å²) in [6.07, 6.45) is 3.47. The Kier molecular flexibility index (Phi) is 5.03. The third kappa shape index (κ3) is 3.59. The van der Waals surface area contributed by atoms with Crippen LogP contribution in [0.2, 0.25) is 0 Å². The molecule has 2 heterocycles. The quantitative estimate of drug-likeness (QED) is 0.472. The van der Waals surface area contributed by atoms with E-state index in [2.05, 4.69) is 33.0 Å². The predicted molar refractivity (Wildman–Crippen MR) is 94.9 cm³/mol. The number of hydrogen-bond donors (Lipinski definition) is 0. The minimum Gasteiger partial charge on any atom is -0.461 e. The van der Waals surface area contributed by atoms with Gasteiger partial charge < -0.3 is 4.74 Å².